The highest BCUT2D eigenvalue weighted by molar-refractivity contribution is 5.23. The first-order valence-corrected chi connectivity index (χ1v) is 6.55. The minimum Gasteiger partial charge on any atom is -0.388 e. The second-order valence-corrected chi connectivity index (χ2v) is 5.08. The summed E-state index contributed by atoms with van der Waals surface area (Å²) in [6, 6.07) is 8.12. The molecule has 0 aromatic heterocycles. The number of methoxy groups -OCH3 is 1. The van der Waals surface area contributed by atoms with Gasteiger partial charge < -0.3 is 9.84 Å². The first-order chi connectivity index (χ1) is 8.29. The van der Waals surface area contributed by atoms with Gasteiger partial charge in [-0.2, -0.15) is 0 Å². The van der Waals surface area contributed by atoms with E-state index in [-0.39, 0.29) is 6.10 Å². The normalized spacial score (nSPS) is 18.5. The van der Waals surface area contributed by atoms with Crippen LogP contribution < -0.4 is 0 Å². The van der Waals surface area contributed by atoms with Crippen molar-refractivity contribution < 1.29 is 9.84 Å². The molecule has 1 fully saturated rings. The van der Waals surface area contributed by atoms with Crippen LogP contribution in [0.25, 0.3) is 0 Å². The maximum atomic E-state index is 10.2. The third-order valence-electron chi connectivity index (χ3n) is 3.71. The van der Waals surface area contributed by atoms with Crippen molar-refractivity contribution in [2.75, 3.05) is 7.11 Å². The number of rotatable bonds is 5. The van der Waals surface area contributed by atoms with E-state index in [9.17, 15) is 5.11 Å². The van der Waals surface area contributed by atoms with E-state index < -0.39 is 0 Å². The third-order valence-corrected chi connectivity index (χ3v) is 3.71. The van der Waals surface area contributed by atoms with Crippen LogP contribution in [-0.2, 0) is 11.3 Å². The number of benzene rings is 1. The van der Waals surface area contributed by atoms with E-state index in [0.717, 1.165) is 23.5 Å². The number of ether oxygens (including phenoxy) is 1. The lowest BCUT2D eigenvalue weighted by Crippen LogP contribution is -2.04. The van der Waals surface area contributed by atoms with E-state index in [1.807, 2.05) is 24.3 Å². The highest BCUT2D eigenvalue weighted by atomic mass is 16.5. The van der Waals surface area contributed by atoms with Crippen molar-refractivity contribution in [2.24, 2.45) is 5.92 Å². The van der Waals surface area contributed by atoms with E-state index in [4.69, 9.17) is 4.74 Å². The molecular formula is C15H22O2. The molecule has 94 valence electrons. The fraction of sp³-hybridized carbons (Fsp3) is 0.600. The molecule has 2 heteroatoms. The molecule has 0 spiro atoms. The monoisotopic (exact) mass is 234 g/mol. The molecule has 1 aromatic carbocycles. The zero-order chi connectivity index (χ0) is 12.1. The van der Waals surface area contributed by atoms with Crippen molar-refractivity contribution in [3.05, 3.63) is 35.4 Å². The maximum absolute atomic E-state index is 10.2. The summed E-state index contributed by atoms with van der Waals surface area (Å²) >= 11 is 0. The molecule has 0 heterocycles. The third kappa shape index (κ3) is 3.55. The predicted molar refractivity (Wildman–Crippen MR) is 68.7 cm³/mol. The van der Waals surface area contributed by atoms with E-state index in [1.165, 1.54) is 25.7 Å². The van der Waals surface area contributed by atoms with Crippen LogP contribution in [0.2, 0.25) is 0 Å². The summed E-state index contributed by atoms with van der Waals surface area (Å²) in [5.74, 6) is 0.726. The Morgan fingerprint density at radius 2 is 1.88 bits per heavy atom. The quantitative estimate of drug-likeness (QED) is 0.845. The standard InChI is InChI=1S/C15H22O2/c1-17-11-13-6-8-14(9-7-13)15(16)10-12-4-2-3-5-12/h6-9,12,15-16H,2-5,10-11H2,1H3. The molecule has 0 aliphatic heterocycles. The van der Waals surface area contributed by atoms with Gasteiger partial charge in [0.05, 0.1) is 12.7 Å². The summed E-state index contributed by atoms with van der Waals surface area (Å²) < 4.78 is 5.07. The summed E-state index contributed by atoms with van der Waals surface area (Å²) in [4.78, 5) is 0. The van der Waals surface area contributed by atoms with Crippen molar-refractivity contribution in [3.63, 3.8) is 0 Å². The van der Waals surface area contributed by atoms with Crippen LogP contribution in [0, 0.1) is 5.92 Å². The Labute approximate surface area is 104 Å². The van der Waals surface area contributed by atoms with Crippen LogP contribution in [0.5, 0.6) is 0 Å². The molecule has 2 rings (SSSR count). The van der Waals surface area contributed by atoms with E-state index in [2.05, 4.69) is 0 Å². The van der Waals surface area contributed by atoms with Gasteiger partial charge in [-0.25, -0.2) is 0 Å². The lowest BCUT2D eigenvalue weighted by Gasteiger charge is -2.16. The molecule has 1 N–H and O–H groups in total. The lowest BCUT2D eigenvalue weighted by atomic mass is 9.95. The first kappa shape index (κ1) is 12.6. The van der Waals surface area contributed by atoms with Gasteiger partial charge in [-0.1, -0.05) is 49.9 Å². The summed E-state index contributed by atoms with van der Waals surface area (Å²) in [6.45, 7) is 0.638. The van der Waals surface area contributed by atoms with Crippen LogP contribution in [-0.4, -0.2) is 12.2 Å². The summed E-state index contributed by atoms with van der Waals surface area (Å²) in [6.07, 6.45) is 5.88. The van der Waals surface area contributed by atoms with Gasteiger partial charge in [0, 0.05) is 7.11 Å². The Hall–Kier alpha value is -0.860. The van der Waals surface area contributed by atoms with E-state index in [0.29, 0.717) is 6.61 Å². The molecule has 2 nitrogen and oxygen atoms in total. The molecule has 1 aliphatic carbocycles. The Bertz CT molecular complexity index is 325. The minimum atomic E-state index is -0.297. The molecule has 0 bridgehead atoms. The average Bonchev–Trinajstić information content (AvgIpc) is 2.83. The van der Waals surface area contributed by atoms with Crippen LogP contribution in [0.15, 0.2) is 24.3 Å². The Morgan fingerprint density at radius 1 is 1.24 bits per heavy atom. The van der Waals surface area contributed by atoms with Crippen molar-refractivity contribution in [3.8, 4) is 0 Å². The number of aliphatic hydroxyl groups excluding tert-OH is 1. The molecule has 1 saturated carbocycles. The number of hydrogen-bond acceptors (Lipinski definition) is 2. The molecule has 1 unspecified atom stereocenters. The van der Waals surface area contributed by atoms with Crippen molar-refractivity contribution >= 4 is 0 Å². The van der Waals surface area contributed by atoms with E-state index >= 15 is 0 Å². The molecular weight excluding hydrogens is 212 g/mol. The van der Waals surface area contributed by atoms with Gasteiger partial charge in [0.25, 0.3) is 0 Å². The molecule has 0 amide bonds. The lowest BCUT2D eigenvalue weighted by molar-refractivity contribution is 0.144. The van der Waals surface area contributed by atoms with Gasteiger partial charge in [0.15, 0.2) is 0 Å². The van der Waals surface area contributed by atoms with Crippen molar-refractivity contribution in [1.82, 2.24) is 0 Å². The fourth-order valence-electron chi connectivity index (χ4n) is 2.70. The SMILES string of the molecule is COCc1ccc(C(O)CC2CCCC2)cc1. The average molecular weight is 234 g/mol. The summed E-state index contributed by atoms with van der Waals surface area (Å²) in [5.41, 5.74) is 2.20. The topological polar surface area (TPSA) is 29.5 Å². The van der Waals surface area contributed by atoms with Crippen molar-refractivity contribution in [1.29, 1.82) is 0 Å². The Kier molecular flexibility index (Phi) is 4.57. The van der Waals surface area contributed by atoms with Gasteiger partial charge in [-0.15, -0.1) is 0 Å². The first-order valence-electron chi connectivity index (χ1n) is 6.55. The molecule has 1 aromatic rings. The van der Waals surface area contributed by atoms with Crippen LogP contribution >= 0.6 is 0 Å². The van der Waals surface area contributed by atoms with E-state index in [1.54, 1.807) is 7.11 Å². The Morgan fingerprint density at radius 3 is 2.47 bits per heavy atom. The van der Waals surface area contributed by atoms with Gasteiger partial charge >= 0.3 is 0 Å². The molecule has 1 atom stereocenters. The number of hydrogen-bond donors (Lipinski definition) is 1. The zero-order valence-corrected chi connectivity index (χ0v) is 10.6. The van der Waals surface area contributed by atoms with Crippen LogP contribution in [0.4, 0.5) is 0 Å². The molecule has 0 saturated heterocycles. The zero-order valence-electron chi connectivity index (χ0n) is 10.6. The van der Waals surface area contributed by atoms with Gasteiger partial charge in [-0.05, 0) is 23.5 Å². The largest absolute Gasteiger partial charge is 0.388 e. The Balaban J connectivity index is 1.91. The summed E-state index contributed by atoms with van der Waals surface area (Å²) in [7, 11) is 1.70. The fourth-order valence-corrected chi connectivity index (χ4v) is 2.70. The summed E-state index contributed by atoms with van der Waals surface area (Å²) in [5, 5.41) is 10.2. The molecule has 0 radical (unpaired) electrons. The van der Waals surface area contributed by atoms with Crippen LogP contribution in [0.3, 0.4) is 0 Å². The van der Waals surface area contributed by atoms with Gasteiger partial charge in [-0.3, -0.25) is 0 Å². The van der Waals surface area contributed by atoms with Gasteiger partial charge in [0.1, 0.15) is 0 Å². The van der Waals surface area contributed by atoms with Crippen molar-refractivity contribution in [2.45, 2.75) is 44.8 Å². The highest BCUT2D eigenvalue weighted by Gasteiger charge is 2.19. The maximum Gasteiger partial charge on any atom is 0.0792 e. The second-order valence-electron chi connectivity index (χ2n) is 5.08. The van der Waals surface area contributed by atoms with Crippen LogP contribution in [0.1, 0.15) is 49.3 Å². The minimum absolute atomic E-state index is 0.297. The van der Waals surface area contributed by atoms with Gasteiger partial charge in [0.2, 0.25) is 0 Å². The second kappa shape index (κ2) is 6.18. The number of aliphatic hydroxyl groups is 1. The predicted octanol–water partition coefficient (Wildman–Crippen LogP) is 3.45. The highest BCUT2D eigenvalue weighted by Crippen LogP contribution is 2.32. The smallest absolute Gasteiger partial charge is 0.0792 e. The molecule has 1 aliphatic rings. The molecule has 17 heavy (non-hydrogen) atoms.